The highest BCUT2D eigenvalue weighted by Crippen LogP contribution is 2.77. The molecule has 0 spiro atoms. The molecule has 6 rings (SSSR count). The highest BCUT2D eigenvalue weighted by molar-refractivity contribution is 6.30. The summed E-state index contributed by atoms with van der Waals surface area (Å²) in [4.78, 5) is 57.4. The van der Waals surface area contributed by atoms with E-state index in [-0.39, 0.29) is 57.8 Å². The molecule has 0 aromatic heterocycles. The van der Waals surface area contributed by atoms with Crippen molar-refractivity contribution in [2.24, 2.45) is 56.2 Å². The second kappa shape index (κ2) is 16.7. The number of nitrogens with zero attached hydrogens (tertiary/aromatic N) is 2. The topological polar surface area (TPSA) is 113 Å². The normalized spacial score (nSPS) is 34.2. The summed E-state index contributed by atoms with van der Waals surface area (Å²) in [5.41, 5.74) is 1.30. The van der Waals surface area contributed by atoms with Gasteiger partial charge in [0.1, 0.15) is 12.2 Å². The number of rotatable bonds is 14. The van der Waals surface area contributed by atoms with Gasteiger partial charge in [-0.3, -0.25) is 24.1 Å². The van der Waals surface area contributed by atoms with Crippen molar-refractivity contribution < 1.29 is 33.8 Å². The predicted molar refractivity (Wildman–Crippen MR) is 236 cm³/mol. The highest BCUT2D eigenvalue weighted by Gasteiger charge is 2.71. The Kier molecular flexibility index (Phi) is 13.0. The van der Waals surface area contributed by atoms with Gasteiger partial charge in [0.2, 0.25) is 0 Å². The van der Waals surface area contributed by atoms with E-state index < -0.39 is 28.9 Å². The summed E-state index contributed by atoms with van der Waals surface area (Å²) in [6, 6.07) is 7.98. The van der Waals surface area contributed by atoms with Gasteiger partial charge in [0.05, 0.1) is 11.8 Å². The molecule has 1 aromatic rings. The van der Waals surface area contributed by atoms with Crippen LogP contribution >= 0.6 is 11.6 Å². The van der Waals surface area contributed by atoms with Crippen LogP contribution in [0.25, 0.3) is 0 Å². The first kappa shape index (κ1) is 46.7. The third-order valence-corrected chi connectivity index (χ3v) is 17.6. The Morgan fingerprint density at radius 3 is 2.25 bits per heavy atom. The van der Waals surface area contributed by atoms with E-state index in [4.69, 9.17) is 21.1 Å². The van der Waals surface area contributed by atoms with Crippen molar-refractivity contribution in [2.75, 3.05) is 33.7 Å². The number of aliphatic carboxylic acids is 1. The number of carbonyl (C=O) groups is 4. The molecule has 0 bridgehead atoms. The Hall–Kier alpha value is -2.75. The Balaban J connectivity index is 1.34. The van der Waals surface area contributed by atoms with Gasteiger partial charge >= 0.3 is 17.9 Å². The van der Waals surface area contributed by atoms with Gasteiger partial charge in [0.25, 0.3) is 0 Å². The number of carboxylic acids is 1. The maximum atomic E-state index is 14.6. The zero-order chi connectivity index (χ0) is 44.4. The van der Waals surface area contributed by atoms with Crippen molar-refractivity contribution >= 4 is 35.3 Å². The first-order valence-electron chi connectivity index (χ1n) is 22.8. The van der Waals surface area contributed by atoms with Gasteiger partial charge in [-0.15, -0.1) is 0 Å². The number of carbonyl (C=O) groups excluding carboxylic acids is 3. The largest absolute Gasteiger partial charge is 0.481 e. The van der Waals surface area contributed by atoms with E-state index in [9.17, 15) is 24.3 Å². The Morgan fingerprint density at radius 2 is 1.63 bits per heavy atom. The molecule has 5 aliphatic carbocycles. The second-order valence-corrected chi connectivity index (χ2v) is 22.8. The summed E-state index contributed by atoms with van der Waals surface area (Å²) < 4.78 is 12.7. The molecule has 1 aromatic carbocycles. The first-order valence-corrected chi connectivity index (χ1v) is 23.2. The number of carboxylic acid groups (broad SMARTS) is 1. The van der Waals surface area contributed by atoms with Crippen LogP contribution in [0.15, 0.2) is 35.4 Å². The molecule has 4 saturated carbocycles. The van der Waals surface area contributed by atoms with Gasteiger partial charge in [-0.05, 0) is 148 Å². The van der Waals surface area contributed by atoms with Gasteiger partial charge in [-0.1, -0.05) is 72.2 Å². The van der Waals surface area contributed by atoms with Crippen molar-refractivity contribution in [2.45, 2.75) is 152 Å². The molecule has 5 aliphatic rings. The lowest BCUT2D eigenvalue weighted by Gasteiger charge is -2.72. The molecule has 9 atom stereocenters. The first-order chi connectivity index (χ1) is 27.8. The second-order valence-electron chi connectivity index (χ2n) is 22.3. The molecular formula is C50H75ClN2O7. The van der Waals surface area contributed by atoms with E-state index >= 15 is 0 Å². The monoisotopic (exact) mass is 851 g/mol. The summed E-state index contributed by atoms with van der Waals surface area (Å²) in [6.07, 6.45) is 7.08. The lowest BCUT2D eigenvalue weighted by molar-refractivity contribution is -0.235. The van der Waals surface area contributed by atoms with Crippen LogP contribution in [0, 0.1) is 56.2 Å². The highest BCUT2D eigenvalue weighted by atomic mass is 35.5. The lowest BCUT2D eigenvalue weighted by atomic mass is 9.33. The Bertz CT molecular complexity index is 1870. The molecule has 9 unspecified atom stereocenters. The molecule has 0 saturated heterocycles. The number of hydrogen-bond donors (Lipinski definition) is 1. The van der Waals surface area contributed by atoms with Crippen molar-refractivity contribution in [1.29, 1.82) is 0 Å². The number of fused-ring (bicyclic) bond motifs is 7. The molecule has 0 heterocycles. The smallest absolute Gasteiger partial charge is 0.309 e. The molecule has 0 amide bonds. The molecule has 0 aliphatic heterocycles. The minimum atomic E-state index is -1.18. The van der Waals surface area contributed by atoms with Gasteiger partial charge in [-0.2, -0.15) is 0 Å². The van der Waals surface area contributed by atoms with Crippen LogP contribution in [0.3, 0.4) is 0 Å². The van der Waals surface area contributed by atoms with Crippen LogP contribution in [0.2, 0.25) is 5.02 Å². The third kappa shape index (κ3) is 8.15. The Labute approximate surface area is 365 Å². The van der Waals surface area contributed by atoms with Crippen LogP contribution in [-0.2, 0) is 35.2 Å². The zero-order valence-electron chi connectivity index (χ0n) is 38.8. The number of halogens is 1. The summed E-state index contributed by atoms with van der Waals surface area (Å²) in [5, 5.41) is 10.4. The molecule has 10 heteroatoms. The van der Waals surface area contributed by atoms with Gasteiger partial charge in [0.15, 0.2) is 5.78 Å². The SMILES string of the molecule is CC(=O)OC(CN(CCN(C)C)Cc1cccc(Cl)c1)C12CCC3(C)C(CCC4C5(C)CCC(OC(=O)CC(C)(C)C(=O)O)C(C)(C)C5CCC43C)C1=C(C(C)C)C(=O)C2. The number of esters is 2. The number of allylic oxidation sites excluding steroid dienone is 1. The number of ether oxygens (including phenoxy) is 2. The summed E-state index contributed by atoms with van der Waals surface area (Å²) in [5.74, 6) is -0.472. The molecule has 334 valence electrons. The van der Waals surface area contributed by atoms with Crippen LogP contribution in [0.1, 0.15) is 139 Å². The fourth-order valence-corrected chi connectivity index (χ4v) is 14.3. The van der Waals surface area contributed by atoms with E-state index in [0.29, 0.717) is 36.4 Å². The third-order valence-electron chi connectivity index (χ3n) is 17.4. The van der Waals surface area contributed by atoms with Crippen molar-refractivity contribution in [1.82, 2.24) is 9.80 Å². The average molecular weight is 852 g/mol. The van der Waals surface area contributed by atoms with E-state index in [1.165, 1.54) is 12.5 Å². The van der Waals surface area contributed by atoms with Gasteiger partial charge < -0.3 is 19.5 Å². The van der Waals surface area contributed by atoms with Crippen LogP contribution in [0.4, 0.5) is 0 Å². The summed E-state index contributed by atoms with van der Waals surface area (Å²) in [7, 11) is 4.15. The number of likely N-dealkylation sites (N-methyl/N-ethyl adjacent to an activating group) is 1. The number of benzene rings is 1. The fraction of sp³-hybridized carbons (Fsp3) is 0.760. The van der Waals surface area contributed by atoms with E-state index in [1.54, 1.807) is 13.8 Å². The van der Waals surface area contributed by atoms with Crippen LogP contribution in [0.5, 0.6) is 0 Å². The number of Topliss-reactive ketones (excluding diaryl/α,β-unsaturated/α-hetero) is 1. The molecule has 0 radical (unpaired) electrons. The van der Waals surface area contributed by atoms with Crippen LogP contribution in [-0.4, -0.2) is 84.5 Å². The molecule has 9 nitrogen and oxygen atoms in total. The van der Waals surface area contributed by atoms with E-state index in [0.717, 1.165) is 75.6 Å². The quantitative estimate of drug-likeness (QED) is 0.183. The van der Waals surface area contributed by atoms with Gasteiger partial charge in [0, 0.05) is 55.4 Å². The van der Waals surface area contributed by atoms with Crippen molar-refractivity contribution in [3.05, 3.63) is 46.0 Å². The summed E-state index contributed by atoms with van der Waals surface area (Å²) in [6.45, 7) is 24.0. The molecule has 1 N–H and O–H groups in total. The Morgan fingerprint density at radius 1 is 0.933 bits per heavy atom. The minimum Gasteiger partial charge on any atom is -0.481 e. The molecule has 60 heavy (non-hydrogen) atoms. The number of hydrogen-bond acceptors (Lipinski definition) is 8. The van der Waals surface area contributed by atoms with Crippen molar-refractivity contribution in [3.8, 4) is 0 Å². The maximum Gasteiger partial charge on any atom is 0.309 e. The average Bonchev–Trinajstić information content (AvgIpc) is 3.44. The number of ketones is 1. The lowest BCUT2D eigenvalue weighted by Crippen LogP contribution is -2.66. The van der Waals surface area contributed by atoms with Crippen LogP contribution < -0.4 is 0 Å². The van der Waals surface area contributed by atoms with Crippen molar-refractivity contribution in [3.63, 3.8) is 0 Å². The summed E-state index contributed by atoms with van der Waals surface area (Å²) >= 11 is 6.46. The standard InChI is InChI=1S/C50H75ClN2O7/c1-31(2)42-36(55)27-50(40(59-32(3)54)30-53(25-24-52(11)12)29-33-14-13-15-34(51)26-33)23-22-48(9)35(43(42)50)16-17-38-47(8)20-19-39(60-41(56)28-45(4,5)44(57)58)46(6,7)37(47)18-21-49(38,48)10/h13-15,26,31,35,37-40H,16-25,27-30H2,1-12H3,(H,57,58). The van der Waals surface area contributed by atoms with E-state index in [1.807, 2.05) is 18.2 Å². The molecule has 4 fully saturated rings. The van der Waals surface area contributed by atoms with Gasteiger partial charge in [-0.25, -0.2) is 0 Å². The minimum absolute atomic E-state index is 0.000408. The predicted octanol–water partition coefficient (Wildman–Crippen LogP) is 10.0. The fourth-order valence-electron chi connectivity index (χ4n) is 14.1. The molecular weight excluding hydrogens is 776 g/mol. The maximum absolute atomic E-state index is 14.6. The zero-order valence-corrected chi connectivity index (χ0v) is 39.6. The van der Waals surface area contributed by atoms with E-state index in [2.05, 4.69) is 78.4 Å².